The molecule has 2 amide bonds. The maximum absolute atomic E-state index is 12.6. The van der Waals surface area contributed by atoms with Gasteiger partial charge in [0.2, 0.25) is 5.91 Å². The van der Waals surface area contributed by atoms with Crippen LogP contribution in [-0.4, -0.2) is 46.5 Å². The highest BCUT2D eigenvalue weighted by molar-refractivity contribution is 5.84. The van der Waals surface area contributed by atoms with E-state index in [1.54, 1.807) is 4.90 Å². The van der Waals surface area contributed by atoms with Crippen LogP contribution in [0.25, 0.3) is 0 Å². The SMILES string of the molecule is CCCCC1CN(Cc2ccccc2)C(=O)CN1C(=O)OC(C)(C)C. The van der Waals surface area contributed by atoms with Gasteiger partial charge in [0.1, 0.15) is 12.1 Å². The van der Waals surface area contributed by atoms with E-state index in [1.165, 1.54) is 0 Å². The third-order valence-electron chi connectivity index (χ3n) is 4.27. The fraction of sp³-hybridized carbons (Fsp3) is 0.600. The highest BCUT2D eigenvalue weighted by atomic mass is 16.6. The van der Waals surface area contributed by atoms with Gasteiger partial charge in [-0.1, -0.05) is 50.1 Å². The maximum Gasteiger partial charge on any atom is 0.411 e. The number of carbonyl (C=O) groups is 2. The minimum absolute atomic E-state index is 0.0104. The molecule has 1 atom stereocenters. The summed E-state index contributed by atoms with van der Waals surface area (Å²) in [5, 5.41) is 0. The molecule has 138 valence electrons. The molecule has 1 unspecified atom stereocenters. The highest BCUT2D eigenvalue weighted by Gasteiger charge is 2.36. The van der Waals surface area contributed by atoms with Crippen molar-refractivity contribution in [2.24, 2.45) is 0 Å². The largest absolute Gasteiger partial charge is 0.444 e. The van der Waals surface area contributed by atoms with Crippen molar-refractivity contribution in [3.63, 3.8) is 0 Å². The molecule has 2 rings (SSSR count). The fourth-order valence-electron chi connectivity index (χ4n) is 3.01. The third-order valence-corrected chi connectivity index (χ3v) is 4.27. The van der Waals surface area contributed by atoms with Crippen molar-refractivity contribution in [1.29, 1.82) is 0 Å². The maximum atomic E-state index is 12.6. The Morgan fingerprint density at radius 2 is 1.92 bits per heavy atom. The van der Waals surface area contributed by atoms with E-state index >= 15 is 0 Å². The number of rotatable bonds is 5. The smallest absolute Gasteiger partial charge is 0.411 e. The van der Waals surface area contributed by atoms with Crippen molar-refractivity contribution >= 4 is 12.0 Å². The molecule has 1 saturated heterocycles. The Morgan fingerprint density at radius 3 is 2.52 bits per heavy atom. The predicted octanol–water partition coefficient (Wildman–Crippen LogP) is 3.82. The van der Waals surface area contributed by atoms with Crippen LogP contribution < -0.4 is 0 Å². The van der Waals surface area contributed by atoms with Gasteiger partial charge in [0.05, 0.1) is 6.04 Å². The molecule has 1 aromatic carbocycles. The van der Waals surface area contributed by atoms with Crippen LogP contribution in [0, 0.1) is 0 Å². The van der Waals surface area contributed by atoms with E-state index in [9.17, 15) is 9.59 Å². The molecule has 0 radical (unpaired) electrons. The van der Waals surface area contributed by atoms with Crippen LogP contribution >= 0.6 is 0 Å². The molecule has 1 aliphatic rings. The molecule has 0 N–H and O–H groups in total. The number of piperazine rings is 1. The van der Waals surface area contributed by atoms with Crippen molar-refractivity contribution in [2.75, 3.05) is 13.1 Å². The topological polar surface area (TPSA) is 49.9 Å². The van der Waals surface area contributed by atoms with Gasteiger partial charge in [0, 0.05) is 13.1 Å². The van der Waals surface area contributed by atoms with Gasteiger partial charge in [-0.25, -0.2) is 4.79 Å². The van der Waals surface area contributed by atoms with Gasteiger partial charge < -0.3 is 9.64 Å². The average molecular weight is 346 g/mol. The van der Waals surface area contributed by atoms with Crippen LogP contribution in [0.5, 0.6) is 0 Å². The first-order chi connectivity index (χ1) is 11.8. The molecule has 1 fully saturated rings. The van der Waals surface area contributed by atoms with Crippen molar-refractivity contribution in [1.82, 2.24) is 9.80 Å². The van der Waals surface area contributed by atoms with Gasteiger partial charge in [-0.3, -0.25) is 9.69 Å². The lowest BCUT2D eigenvalue weighted by molar-refractivity contribution is -0.139. The number of hydrogen-bond donors (Lipinski definition) is 0. The van der Waals surface area contributed by atoms with Crippen LogP contribution in [0.1, 0.15) is 52.5 Å². The summed E-state index contributed by atoms with van der Waals surface area (Å²) in [5.74, 6) is -0.0255. The summed E-state index contributed by atoms with van der Waals surface area (Å²) >= 11 is 0. The Balaban J connectivity index is 2.09. The summed E-state index contributed by atoms with van der Waals surface area (Å²) in [6.07, 6.45) is 2.58. The molecule has 0 bridgehead atoms. The lowest BCUT2D eigenvalue weighted by Gasteiger charge is -2.41. The molecule has 1 heterocycles. The highest BCUT2D eigenvalue weighted by Crippen LogP contribution is 2.21. The minimum atomic E-state index is -0.559. The summed E-state index contributed by atoms with van der Waals surface area (Å²) in [7, 11) is 0. The van der Waals surface area contributed by atoms with E-state index in [0.29, 0.717) is 13.1 Å². The van der Waals surface area contributed by atoms with Gasteiger partial charge >= 0.3 is 6.09 Å². The minimum Gasteiger partial charge on any atom is -0.444 e. The number of benzene rings is 1. The molecular formula is C20H30N2O3. The Hall–Kier alpha value is -2.04. The van der Waals surface area contributed by atoms with Gasteiger partial charge in [0.25, 0.3) is 0 Å². The number of nitrogens with zero attached hydrogens (tertiary/aromatic N) is 2. The molecule has 5 heteroatoms. The second-order valence-corrected chi connectivity index (χ2v) is 7.66. The van der Waals surface area contributed by atoms with E-state index in [0.717, 1.165) is 24.8 Å². The van der Waals surface area contributed by atoms with E-state index in [-0.39, 0.29) is 24.6 Å². The van der Waals surface area contributed by atoms with E-state index in [4.69, 9.17) is 4.74 Å². The molecule has 0 spiro atoms. The number of hydrogen-bond acceptors (Lipinski definition) is 3. The molecule has 25 heavy (non-hydrogen) atoms. The van der Waals surface area contributed by atoms with Crippen LogP contribution in [0.15, 0.2) is 30.3 Å². The first-order valence-electron chi connectivity index (χ1n) is 9.11. The summed E-state index contributed by atoms with van der Waals surface area (Å²) in [4.78, 5) is 28.6. The second-order valence-electron chi connectivity index (χ2n) is 7.66. The zero-order valence-corrected chi connectivity index (χ0v) is 15.8. The standard InChI is InChI=1S/C20H30N2O3/c1-5-6-12-17-14-21(13-16-10-8-7-9-11-16)18(23)15-22(17)19(24)25-20(2,3)4/h7-11,17H,5-6,12-15H2,1-4H3. The molecule has 5 nitrogen and oxygen atoms in total. The normalized spacial score (nSPS) is 18.4. The zero-order chi connectivity index (χ0) is 18.4. The molecule has 1 aliphatic heterocycles. The lowest BCUT2D eigenvalue weighted by Crippen LogP contribution is -2.58. The van der Waals surface area contributed by atoms with Crippen LogP contribution in [0.2, 0.25) is 0 Å². The molecule has 0 saturated carbocycles. The quantitative estimate of drug-likeness (QED) is 0.814. The van der Waals surface area contributed by atoms with Crippen LogP contribution in [-0.2, 0) is 16.1 Å². The number of carbonyl (C=O) groups excluding carboxylic acids is 2. The average Bonchev–Trinajstić information content (AvgIpc) is 2.54. The molecule has 0 aromatic heterocycles. The molecule has 0 aliphatic carbocycles. The van der Waals surface area contributed by atoms with Crippen LogP contribution in [0.3, 0.4) is 0 Å². The molecular weight excluding hydrogens is 316 g/mol. The van der Waals surface area contributed by atoms with E-state index in [1.807, 2.05) is 56.0 Å². The summed E-state index contributed by atoms with van der Waals surface area (Å²) in [6.45, 7) is 8.92. The fourth-order valence-corrected chi connectivity index (χ4v) is 3.01. The van der Waals surface area contributed by atoms with E-state index < -0.39 is 5.60 Å². The number of unbranched alkanes of at least 4 members (excludes halogenated alkanes) is 1. The van der Waals surface area contributed by atoms with Gasteiger partial charge in [-0.15, -0.1) is 0 Å². The third kappa shape index (κ3) is 5.76. The summed E-state index contributed by atoms with van der Waals surface area (Å²) in [5.41, 5.74) is 0.548. The monoisotopic (exact) mass is 346 g/mol. The van der Waals surface area contributed by atoms with E-state index in [2.05, 4.69) is 6.92 Å². The number of amides is 2. The Morgan fingerprint density at radius 1 is 1.24 bits per heavy atom. The van der Waals surface area contributed by atoms with Gasteiger partial charge in [-0.05, 0) is 32.8 Å². The van der Waals surface area contributed by atoms with Crippen molar-refractivity contribution in [3.05, 3.63) is 35.9 Å². The molecule has 1 aromatic rings. The summed E-state index contributed by atoms with van der Waals surface area (Å²) in [6, 6.07) is 9.98. The second kappa shape index (κ2) is 8.37. The Kier molecular flexibility index (Phi) is 6.45. The zero-order valence-electron chi connectivity index (χ0n) is 15.8. The van der Waals surface area contributed by atoms with Crippen LogP contribution in [0.4, 0.5) is 4.79 Å². The van der Waals surface area contributed by atoms with Crippen molar-refractivity contribution in [2.45, 2.75) is 65.1 Å². The Bertz CT molecular complexity index is 580. The van der Waals surface area contributed by atoms with Gasteiger partial charge in [-0.2, -0.15) is 0 Å². The predicted molar refractivity (Wildman–Crippen MR) is 98.1 cm³/mol. The van der Waals surface area contributed by atoms with Crippen molar-refractivity contribution < 1.29 is 14.3 Å². The van der Waals surface area contributed by atoms with Crippen molar-refractivity contribution in [3.8, 4) is 0 Å². The Labute approximate surface area is 150 Å². The first-order valence-corrected chi connectivity index (χ1v) is 9.11. The summed E-state index contributed by atoms with van der Waals surface area (Å²) < 4.78 is 5.51. The van der Waals surface area contributed by atoms with Gasteiger partial charge in [0.15, 0.2) is 0 Å². The first kappa shape index (κ1) is 19.3. The lowest BCUT2D eigenvalue weighted by atomic mass is 10.0. The number of ether oxygens (including phenoxy) is 1.